The van der Waals surface area contributed by atoms with Crippen LogP contribution in [0.5, 0.6) is 0 Å². The van der Waals surface area contributed by atoms with Gasteiger partial charge in [0.1, 0.15) is 0 Å². The molecule has 2 nitrogen and oxygen atoms in total. The Hall–Kier alpha value is -1.57. The van der Waals surface area contributed by atoms with Crippen molar-refractivity contribution < 1.29 is 0 Å². The summed E-state index contributed by atoms with van der Waals surface area (Å²) in [5.74, 6) is 0. The average Bonchev–Trinajstić information content (AvgIpc) is 2.74. The van der Waals surface area contributed by atoms with Crippen LogP contribution in [0.4, 0.5) is 0 Å². The van der Waals surface area contributed by atoms with E-state index in [-0.39, 0.29) is 0 Å². The maximum Gasteiger partial charge on any atom is 0.0951 e. The molecule has 2 aromatic rings. The second-order valence-electron chi connectivity index (χ2n) is 3.98. The Kier molecular flexibility index (Phi) is 2.58. The van der Waals surface area contributed by atoms with Crippen LogP contribution < -0.4 is 0 Å². The quantitative estimate of drug-likeness (QED) is 0.728. The number of benzene rings is 1. The smallest absolute Gasteiger partial charge is 0.0951 e. The number of rotatable bonds is 2. The van der Waals surface area contributed by atoms with Crippen LogP contribution in [-0.4, -0.2) is 9.55 Å². The van der Waals surface area contributed by atoms with Crippen LogP contribution in [-0.2, 0) is 0 Å². The van der Waals surface area contributed by atoms with Gasteiger partial charge in [0.25, 0.3) is 0 Å². The zero-order chi connectivity index (χ0) is 10.8. The molecule has 1 aromatic carbocycles. The Balaban J connectivity index is 2.42. The van der Waals surface area contributed by atoms with Gasteiger partial charge in [-0.15, -0.1) is 0 Å². The topological polar surface area (TPSA) is 17.8 Å². The van der Waals surface area contributed by atoms with E-state index < -0.39 is 0 Å². The standard InChI is InChI=1S/C13H16N2/c1-10-5-4-6-13(11(10)2)12(3)15-8-7-14-9-15/h4-9,12H,1-3H3/t12-/m0/s1. The largest absolute Gasteiger partial charge is 0.330 e. The number of hydrogen-bond acceptors (Lipinski definition) is 1. The van der Waals surface area contributed by atoms with Crippen LogP contribution >= 0.6 is 0 Å². The summed E-state index contributed by atoms with van der Waals surface area (Å²) < 4.78 is 2.13. The number of nitrogens with zero attached hydrogens (tertiary/aromatic N) is 2. The molecule has 0 spiro atoms. The SMILES string of the molecule is Cc1cccc([C@H](C)n2ccnc2)c1C. The van der Waals surface area contributed by atoms with E-state index in [1.165, 1.54) is 16.7 Å². The number of aromatic nitrogens is 2. The van der Waals surface area contributed by atoms with Crippen LogP contribution in [0.3, 0.4) is 0 Å². The van der Waals surface area contributed by atoms with E-state index in [0.29, 0.717) is 6.04 Å². The zero-order valence-corrected chi connectivity index (χ0v) is 9.44. The third-order valence-corrected chi connectivity index (χ3v) is 3.07. The molecule has 0 bridgehead atoms. The molecule has 1 aromatic heterocycles. The average molecular weight is 200 g/mol. The third kappa shape index (κ3) is 1.80. The fourth-order valence-electron chi connectivity index (χ4n) is 1.89. The molecule has 78 valence electrons. The summed E-state index contributed by atoms with van der Waals surface area (Å²) in [4.78, 5) is 4.08. The van der Waals surface area contributed by atoms with Crippen molar-refractivity contribution in [2.75, 3.05) is 0 Å². The van der Waals surface area contributed by atoms with Gasteiger partial charge in [0.15, 0.2) is 0 Å². The monoisotopic (exact) mass is 200 g/mol. The normalized spacial score (nSPS) is 12.7. The van der Waals surface area contributed by atoms with Gasteiger partial charge in [-0.25, -0.2) is 4.98 Å². The Morgan fingerprint density at radius 2 is 2.07 bits per heavy atom. The maximum absolute atomic E-state index is 4.08. The van der Waals surface area contributed by atoms with Gasteiger partial charge in [0, 0.05) is 12.4 Å². The van der Waals surface area contributed by atoms with Gasteiger partial charge in [-0.3, -0.25) is 0 Å². The van der Waals surface area contributed by atoms with Crippen molar-refractivity contribution in [1.29, 1.82) is 0 Å². The molecule has 0 saturated carbocycles. The van der Waals surface area contributed by atoms with Crippen molar-refractivity contribution in [2.24, 2.45) is 0 Å². The molecule has 0 aliphatic heterocycles. The van der Waals surface area contributed by atoms with E-state index >= 15 is 0 Å². The zero-order valence-electron chi connectivity index (χ0n) is 9.44. The predicted octanol–water partition coefficient (Wildman–Crippen LogP) is 3.11. The fraction of sp³-hybridized carbons (Fsp3) is 0.308. The van der Waals surface area contributed by atoms with Crippen molar-refractivity contribution in [2.45, 2.75) is 26.8 Å². The Labute approximate surface area is 90.6 Å². The van der Waals surface area contributed by atoms with Gasteiger partial charge in [-0.1, -0.05) is 18.2 Å². The second-order valence-corrected chi connectivity index (χ2v) is 3.98. The summed E-state index contributed by atoms with van der Waals surface area (Å²) in [5, 5.41) is 0. The molecule has 1 atom stereocenters. The van der Waals surface area contributed by atoms with E-state index in [4.69, 9.17) is 0 Å². The molecule has 0 aliphatic rings. The molecule has 2 rings (SSSR count). The first-order valence-corrected chi connectivity index (χ1v) is 5.23. The maximum atomic E-state index is 4.08. The van der Waals surface area contributed by atoms with Crippen LogP contribution in [0.2, 0.25) is 0 Å². The molecule has 2 heteroatoms. The number of hydrogen-bond donors (Lipinski definition) is 0. The van der Waals surface area contributed by atoms with Gasteiger partial charge in [-0.2, -0.15) is 0 Å². The van der Waals surface area contributed by atoms with Crippen molar-refractivity contribution in [3.8, 4) is 0 Å². The molecule has 0 N–H and O–H groups in total. The van der Waals surface area contributed by atoms with Crippen molar-refractivity contribution >= 4 is 0 Å². The lowest BCUT2D eigenvalue weighted by Gasteiger charge is -2.17. The molecular formula is C13H16N2. The van der Waals surface area contributed by atoms with Crippen molar-refractivity contribution in [3.05, 3.63) is 53.6 Å². The molecule has 0 aliphatic carbocycles. The summed E-state index contributed by atoms with van der Waals surface area (Å²) >= 11 is 0. The Bertz CT molecular complexity index is 444. The van der Waals surface area contributed by atoms with E-state index in [1.54, 1.807) is 0 Å². The summed E-state index contributed by atoms with van der Waals surface area (Å²) in [6.45, 7) is 6.53. The minimum atomic E-state index is 0.354. The first-order chi connectivity index (χ1) is 7.20. The molecule has 0 amide bonds. The van der Waals surface area contributed by atoms with E-state index in [2.05, 4.69) is 48.5 Å². The lowest BCUT2D eigenvalue weighted by molar-refractivity contribution is 0.634. The molecule has 0 radical (unpaired) electrons. The molecule has 15 heavy (non-hydrogen) atoms. The summed E-state index contributed by atoms with van der Waals surface area (Å²) in [5.41, 5.74) is 4.09. The van der Waals surface area contributed by atoms with Gasteiger partial charge >= 0.3 is 0 Å². The van der Waals surface area contributed by atoms with Crippen molar-refractivity contribution in [1.82, 2.24) is 9.55 Å². The number of aryl methyl sites for hydroxylation is 1. The van der Waals surface area contributed by atoms with Crippen LogP contribution in [0, 0.1) is 13.8 Å². The highest BCUT2D eigenvalue weighted by atomic mass is 15.0. The molecular weight excluding hydrogens is 184 g/mol. The van der Waals surface area contributed by atoms with E-state index in [9.17, 15) is 0 Å². The second kappa shape index (κ2) is 3.89. The first kappa shape index (κ1) is 9.97. The van der Waals surface area contributed by atoms with Gasteiger partial charge < -0.3 is 4.57 Å². The summed E-state index contributed by atoms with van der Waals surface area (Å²) in [6.07, 6.45) is 5.69. The van der Waals surface area contributed by atoms with Gasteiger partial charge in [0.05, 0.1) is 12.4 Å². The highest BCUT2D eigenvalue weighted by Crippen LogP contribution is 2.23. The summed E-state index contributed by atoms with van der Waals surface area (Å²) in [7, 11) is 0. The minimum Gasteiger partial charge on any atom is -0.330 e. The third-order valence-electron chi connectivity index (χ3n) is 3.07. The molecule has 0 unspecified atom stereocenters. The molecule has 1 heterocycles. The van der Waals surface area contributed by atoms with Crippen LogP contribution in [0.15, 0.2) is 36.9 Å². The fourth-order valence-corrected chi connectivity index (χ4v) is 1.89. The van der Waals surface area contributed by atoms with Crippen molar-refractivity contribution in [3.63, 3.8) is 0 Å². The number of imidazole rings is 1. The van der Waals surface area contributed by atoms with Gasteiger partial charge in [-0.05, 0) is 37.5 Å². The minimum absolute atomic E-state index is 0.354. The first-order valence-electron chi connectivity index (χ1n) is 5.23. The summed E-state index contributed by atoms with van der Waals surface area (Å²) in [6, 6.07) is 6.81. The highest BCUT2D eigenvalue weighted by molar-refractivity contribution is 5.35. The predicted molar refractivity (Wildman–Crippen MR) is 62.0 cm³/mol. The highest BCUT2D eigenvalue weighted by Gasteiger charge is 2.10. The lowest BCUT2D eigenvalue weighted by atomic mass is 9.98. The van der Waals surface area contributed by atoms with Crippen LogP contribution in [0.1, 0.15) is 29.7 Å². The van der Waals surface area contributed by atoms with E-state index in [0.717, 1.165) is 0 Å². The molecule has 0 fully saturated rings. The lowest BCUT2D eigenvalue weighted by Crippen LogP contribution is -2.06. The Morgan fingerprint density at radius 1 is 1.27 bits per heavy atom. The van der Waals surface area contributed by atoms with E-state index in [1.807, 2.05) is 18.7 Å². The van der Waals surface area contributed by atoms with Crippen LogP contribution in [0.25, 0.3) is 0 Å². The Morgan fingerprint density at radius 3 is 2.73 bits per heavy atom. The molecule has 0 saturated heterocycles. The van der Waals surface area contributed by atoms with Gasteiger partial charge in [0.2, 0.25) is 0 Å².